The fraction of sp³-hybridized carbons (Fsp3) is 0.464. The van der Waals surface area contributed by atoms with E-state index >= 15 is 0 Å². The van der Waals surface area contributed by atoms with Gasteiger partial charge in [0.05, 0.1) is 31.7 Å². The zero-order valence-electron chi connectivity index (χ0n) is 25.8. The summed E-state index contributed by atoms with van der Waals surface area (Å²) in [4.78, 5) is 80.6. The van der Waals surface area contributed by atoms with E-state index in [9.17, 15) is 29.1 Å². The van der Waals surface area contributed by atoms with Crippen molar-refractivity contribution in [1.29, 1.82) is 0 Å². The number of amides is 3. The van der Waals surface area contributed by atoms with Gasteiger partial charge < -0.3 is 30.5 Å². The predicted molar refractivity (Wildman–Crippen MR) is 169 cm³/mol. The number of esters is 2. The maximum absolute atomic E-state index is 13.6. The maximum atomic E-state index is 13.6. The third kappa shape index (κ3) is 7.46. The van der Waals surface area contributed by atoms with Gasteiger partial charge in [0.2, 0.25) is 17.7 Å². The Morgan fingerprint density at radius 3 is 2.15 bits per heavy atom. The molecule has 0 spiro atoms. The van der Waals surface area contributed by atoms with E-state index < -0.39 is 53.5 Å². The molecule has 5 atom stereocenters. The van der Waals surface area contributed by atoms with Crippen molar-refractivity contribution in [3.05, 3.63) is 48.2 Å². The monoisotopic (exact) mass is 691 g/mol. The maximum Gasteiger partial charge on any atom is 0.357 e. The number of aliphatic imine (C=N–C) groups is 1. The molecule has 0 aliphatic carbocycles. The predicted octanol–water partition coefficient (Wildman–Crippen LogP) is 2.05. The Morgan fingerprint density at radius 2 is 1.54 bits per heavy atom. The van der Waals surface area contributed by atoms with E-state index in [1.54, 1.807) is 10.8 Å². The van der Waals surface area contributed by atoms with Gasteiger partial charge in [-0.05, 0) is 26.7 Å². The molecular weight excluding hydrogens is 659 g/mol. The summed E-state index contributed by atoms with van der Waals surface area (Å²) in [5, 5.41) is 24.8. The average molecular weight is 692 g/mol. The highest BCUT2D eigenvalue weighted by molar-refractivity contribution is 7.12. The highest BCUT2D eigenvalue weighted by atomic mass is 32.1. The van der Waals surface area contributed by atoms with Gasteiger partial charge in [-0.3, -0.25) is 19.4 Å². The van der Waals surface area contributed by atoms with E-state index in [0.717, 1.165) is 11.3 Å². The second-order valence-electron chi connectivity index (χ2n) is 10.4. The number of hydrogen-bond donors (Lipinski definition) is 4. The van der Waals surface area contributed by atoms with Crippen molar-refractivity contribution in [3.8, 4) is 0 Å². The number of aromatic nitrogens is 3. The summed E-state index contributed by atoms with van der Waals surface area (Å²) in [5.74, 6) is -2.58. The standard InChI is InChI=1S/C28H33N7O8S3/c1-12(29-14(3)37)22(39)35-28(27-34-19(11-46-27)26(41)43-6)8-7-16(23-33-18(10-44-23)25(40)42-5)31-21(28)17-9-45-24(32-17)20(13(2)36)30-15(4)38/h9-13,20-21,36H,7-8H2,1-6H3,(H,29,37)(H,30,38)(H,35,39)/t12-,13+,20-,21+,28+/m0/s1. The van der Waals surface area contributed by atoms with Crippen molar-refractivity contribution in [2.45, 2.75) is 70.3 Å². The molecule has 0 unspecified atom stereocenters. The lowest BCUT2D eigenvalue weighted by Crippen LogP contribution is -2.56. The number of ether oxygens (including phenoxy) is 2. The molecule has 0 radical (unpaired) electrons. The first-order valence-electron chi connectivity index (χ1n) is 13.9. The van der Waals surface area contributed by atoms with E-state index in [0.29, 0.717) is 26.4 Å². The second kappa shape index (κ2) is 14.5. The van der Waals surface area contributed by atoms with Gasteiger partial charge in [-0.1, -0.05) is 0 Å². The molecular formula is C28H33N7O8S3. The molecule has 46 heavy (non-hydrogen) atoms. The molecule has 4 N–H and O–H groups in total. The molecule has 3 aromatic heterocycles. The molecule has 4 rings (SSSR count). The minimum atomic E-state index is -1.38. The van der Waals surface area contributed by atoms with Crippen molar-refractivity contribution < 1.29 is 38.6 Å². The molecule has 3 amide bonds. The zero-order chi connectivity index (χ0) is 33.8. The number of nitrogens with one attached hydrogen (secondary N) is 3. The van der Waals surface area contributed by atoms with Gasteiger partial charge in [0.25, 0.3) is 0 Å². The number of carbonyl (C=O) groups is 5. The van der Waals surface area contributed by atoms with Crippen molar-refractivity contribution in [1.82, 2.24) is 30.9 Å². The highest BCUT2D eigenvalue weighted by Crippen LogP contribution is 2.47. The third-order valence-corrected chi connectivity index (χ3v) is 9.88. The van der Waals surface area contributed by atoms with Crippen LogP contribution in [0, 0.1) is 0 Å². The first-order valence-corrected chi connectivity index (χ1v) is 16.6. The van der Waals surface area contributed by atoms with Gasteiger partial charge in [-0.15, -0.1) is 34.0 Å². The summed E-state index contributed by atoms with van der Waals surface area (Å²) in [6, 6.07) is -2.73. The van der Waals surface area contributed by atoms with Gasteiger partial charge >= 0.3 is 11.9 Å². The number of aliphatic hydroxyl groups excluding tert-OH is 1. The molecule has 15 nitrogen and oxygen atoms in total. The lowest BCUT2D eigenvalue weighted by molar-refractivity contribution is -0.129. The van der Waals surface area contributed by atoms with Crippen molar-refractivity contribution >= 4 is 69.4 Å². The van der Waals surface area contributed by atoms with Crippen molar-refractivity contribution in [2.24, 2.45) is 4.99 Å². The quantitative estimate of drug-likeness (QED) is 0.214. The average Bonchev–Trinajstić information content (AvgIpc) is 3.80. The SMILES string of the molecule is COC(=O)c1csc(C2=N[C@H](c3csc([C@@H](NC(C)=O)[C@@H](C)O)n3)[C@@](NC(=O)[C@H](C)NC(C)=O)(c3nc(C(=O)OC)cs3)CC2)n1. The first kappa shape index (κ1) is 34.7. The normalized spacial score (nSPS) is 19.6. The molecule has 0 saturated carbocycles. The summed E-state index contributed by atoms with van der Waals surface area (Å²) in [6.07, 6.45) is -0.509. The van der Waals surface area contributed by atoms with Crippen LogP contribution in [-0.4, -0.2) is 81.8 Å². The molecule has 0 saturated heterocycles. The Morgan fingerprint density at radius 1 is 0.913 bits per heavy atom. The van der Waals surface area contributed by atoms with Crippen LogP contribution in [0.5, 0.6) is 0 Å². The van der Waals surface area contributed by atoms with E-state index in [4.69, 9.17) is 19.5 Å². The van der Waals surface area contributed by atoms with Crippen LogP contribution in [0.3, 0.4) is 0 Å². The molecule has 3 aromatic rings. The molecule has 18 heteroatoms. The molecule has 0 bridgehead atoms. The van der Waals surface area contributed by atoms with E-state index in [1.807, 2.05) is 0 Å². The van der Waals surface area contributed by atoms with E-state index in [2.05, 4.69) is 25.9 Å². The molecule has 0 fully saturated rings. The van der Waals surface area contributed by atoms with E-state index in [1.165, 1.54) is 70.0 Å². The van der Waals surface area contributed by atoms with Crippen LogP contribution in [0.15, 0.2) is 21.1 Å². The van der Waals surface area contributed by atoms with Gasteiger partial charge in [-0.25, -0.2) is 24.5 Å². The Balaban J connectivity index is 1.91. The number of aliphatic hydroxyl groups is 1. The fourth-order valence-electron chi connectivity index (χ4n) is 4.83. The molecule has 4 heterocycles. The molecule has 1 aliphatic rings. The largest absolute Gasteiger partial charge is 0.464 e. The van der Waals surface area contributed by atoms with Crippen LogP contribution >= 0.6 is 34.0 Å². The smallest absolute Gasteiger partial charge is 0.357 e. The minimum absolute atomic E-state index is 0.0287. The highest BCUT2D eigenvalue weighted by Gasteiger charge is 2.50. The number of methoxy groups -OCH3 is 2. The number of carbonyl (C=O) groups excluding carboxylic acids is 5. The lowest BCUT2D eigenvalue weighted by Gasteiger charge is -2.41. The van der Waals surface area contributed by atoms with Crippen LogP contribution < -0.4 is 16.0 Å². The summed E-state index contributed by atoms with van der Waals surface area (Å²) in [6.45, 7) is 5.68. The van der Waals surface area contributed by atoms with Crippen LogP contribution in [0.1, 0.15) is 94.3 Å². The van der Waals surface area contributed by atoms with Crippen LogP contribution in [0.25, 0.3) is 0 Å². The fourth-order valence-corrected chi connectivity index (χ4v) is 7.62. The lowest BCUT2D eigenvalue weighted by atomic mass is 9.80. The molecule has 0 aromatic carbocycles. The summed E-state index contributed by atoms with van der Waals surface area (Å²) in [7, 11) is 2.49. The van der Waals surface area contributed by atoms with Gasteiger partial charge in [0, 0.05) is 30.0 Å². The summed E-state index contributed by atoms with van der Waals surface area (Å²) in [5.41, 5.74) is -0.337. The van der Waals surface area contributed by atoms with Crippen molar-refractivity contribution in [3.63, 3.8) is 0 Å². The van der Waals surface area contributed by atoms with Gasteiger partial charge in [0.15, 0.2) is 11.4 Å². The minimum Gasteiger partial charge on any atom is -0.464 e. The van der Waals surface area contributed by atoms with Crippen LogP contribution in [0.4, 0.5) is 0 Å². The first-order chi connectivity index (χ1) is 21.8. The summed E-state index contributed by atoms with van der Waals surface area (Å²) < 4.78 is 9.66. The number of nitrogens with zero attached hydrogens (tertiary/aromatic N) is 4. The van der Waals surface area contributed by atoms with Gasteiger partial charge in [0.1, 0.15) is 38.7 Å². The topological polar surface area (TPSA) is 211 Å². The molecule has 1 aliphatic heterocycles. The third-order valence-electron chi connectivity index (χ3n) is 7.02. The Labute approximate surface area is 275 Å². The Hall–Kier alpha value is -4.13. The van der Waals surface area contributed by atoms with E-state index in [-0.39, 0.29) is 30.1 Å². The zero-order valence-corrected chi connectivity index (χ0v) is 28.2. The van der Waals surface area contributed by atoms with Gasteiger partial charge in [-0.2, -0.15) is 0 Å². The van der Waals surface area contributed by atoms with Crippen LogP contribution in [0.2, 0.25) is 0 Å². The number of hydrogen-bond acceptors (Lipinski definition) is 15. The Bertz CT molecular complexity index is 1660. The number of rotatable bonds is 11. The summed E-state index contributed by atoms with van der Waals surface area (Å²) >= 11 is 3.50. The molecule has 246 valence electrons. The van der Waals surface area contributed by atoms with Crippen LogP contribution in [-0.2, 0) is 29.4 Å². The Kier molecular flexibility index (Phi) is 11.0. The number of thiazole rings is 3. The van der Waals surface area contributed by atoms with Crippen molar-refractivity contribution in [2.75, 3.05) is 14.2 Å². The second-order valence-corrected chi connectivity index (χ2v) is 13.1.